The van der Waals surface area contributed by atoms with E-state index in [1.165, 1.54) is 0 Å². The van der Waals surface area contributed by atoms with Crippen molar-refractivity contribution in [1.29, 1.82) is 0 Å². The Bertz CT molecular complexity index is 706. The highest BCUT2D eigenvalue weighted by Gasteiger charge is 2.21. The van der Waals surface area contributed by atoms with Crippen molar-refractivity contribution in [3.63, 3.8) is 0 Å². The average molecular weight is 383 g/mol. The number of halogens is 2. The molecular weight excluding hydrogens is 363 g/mol. The van der Waals surface area contributed by atoms with E-state index in [4.69, 9.17) is 32.4 Å². The Morgan fingerprint density at radius 1 is 1.28 bits per heavy atom. The number of amides is 1. The second kappa shape index (κ2) is 8.72. The minimum atomic E-state index is -0.0693. The number of carbonyl (C=O) groups is 1. The van der Waals surface area contributed by atoms with Gasteiger partial charge in [0.05, 0.1) is 35.4 Å². The molecule has 134 valence electrons. The van der Waals surface area contributed by atoms with Crippen molar-refractivity contribution in [3.05, 3.63) is 58.0 Å². The van der Waals surface area contributed by atoms with Crippen LogP contribution < -0.4 is 5.32 Å². The fourth-order valence-electron chi connectivity index (χ4n) is 2.81. The summed E-state index contributed by atoms with van der Waals surface area (Å²) in [4.78, 5) is 14.2. The molecule has 1 fully saturated rings. The van der Waals surface area contributed by atoms with Crippen molar-refractivity contribution >= 4 is 29.1 Å². The Balaban J connectivity index is 1.45. The van der Waals surface area contributed by atoms with E-state index in [0.717, 1.165) is 25.2 Å². The molecule has 1 aliphatic heterocycles. The maximum absolute atomic E-state index is 11.9. The highest BCUT2D eigenvalue weighted by Crippen LogP contribution is 2.23. The van der Waals surface area contributed by atoms with E-state index in [2.05, 4.69) is 10.2 Å². The van der Waals surface area contributed by atoms with E-state index < -0.39 is 0 Å². The number of hydrogen-bond acceptors (Lipinski definition) is 4. The van der Waals surface area contributed by atoms with Gasteiger partial charge in [0.1, 0.15) is 5.76 Å². The van der Waals surface area contributed by atoms with E-state index >= 15 is 0 Å². The first-order valence-electron chi connectivity index (χ1n) is 8.17. The van der Waals surface area contributed by atoms with E-state index in [9.17, 15) is 4.79 Å². The zero-order valence-electron chi connectivity index (χ0n) is 13.7. The van der Waals surface area contributed by atoms with Gasteiger partial charge in [-0.05, 0) is 29.8 Å². The number of morpholine rings is 1. The van der Waals surface area contributed by atoms with Crippen LogP contribution in [0.3, 0.4) is 0 Å². The Morgan fingerprint density at radius 3 is 2.92 bits per heavy atom. The molecule has 1 atom stereocenters. The number of ether oxygens (including phenoxy) is 1. The summed E-state index contributed by atoms with van der Waals surface area (Å²) >= 11 is 12.0. The third kappa shape index (κ3) is 5.47. The monoisotopic (exact) mass is 382 g/mol. The Kier molecular flexibility index (Phi) is 6.37. The van der Waals surface area contributed by atoms with Gasteiger partial charge in [-0.3, -0.25) is 9.69 Å². The van der Waals surface area contributed by atoms with Gasteiger partial charge in [-0.1, -0.05) is 29.3 Å². The normalized spacial score (nSPS) is 18.2. The molecule has 0 saturated carbocycles. The first-order chi connectivity index (χ1) is 12.1. The van der Waals surface area contributed by atoms with Crippen molar-refractivity contribution < 1.29 is 13.9 Å². The largest absolute Gasteiger partial charge is 0.469 e. The Morgan fingerprint density at radius 2 is 2.16 bits per heavy atom. The third-order valence-corrected chi connectivity index (χ3v) is 4.79. The molecule has 0 spiro atoms. The average Bonchev–Trinajstić information content (AvgIpc) is 3.10. The molecule has 1 amide bonds. The van der Waals surface area contributed by atoms with Gasteiger partial charge in [-0.2, -0.15) is 0 Å². The summed E-state index contributed by atoms with van der Waals surface area (Å²) in [6.45, 7) is 3.49. The topological polar surface area (TPSA) is 54.7 Å². The molecule has 2 aromatic rings. The quantitative estimate of drug-likeness (QED) is 0.833. The predicted molar refractivity (Wildman–Crippen MR) is 96.9 cm³/mol. The summed E-state index contributed by atoms with van der Waals surface area (Å²) in [7, 11) is 0. The van der Waals surface area contributed by atoms with E-state index in [1.54, 1.807) is 18.4 Å². The molecule has 2 heterocycles. The molecule has 1 N–H and O–H groups in total. The summed E-state index contributed by atoms with van der Waals surface area (Å²) in [5, 5.41) is 4.03. The number of carbonyl (C=O) groups excluding carboxylic acids is 1. The maximum Gasteiger partial charge on any atom is 0.227 e. The molecule has 5 nitrogen and oxygen atoms in total. The molecule has 1 saturated heterocycles. The van der Waals surface area contributed by atoms with Gasteiger partial charge in [-0.15, -0.1) is 0 Å². The van der Waals surface area contributed by atoms with Crippen molar-refractivity contribution in [2.75, 3.05) is 26.2 Å². The highest BCUT2D eigenvalue weighted by molar-refractivity contribution is 6.42. The molecule has 0 aliphatic carbocycles. The lowest BCUT2D eigenvalue weighted by atomic mass is 10.2. The molecular formula is C18H20Cl2N2O3. The zero-order valence-corrected chi connectivity index (χ0v) is 15.2. The molecule has 1 unspecified atom stereocenters. The Hall–Kier alpha value is -1.53. The number of furan rings is 1. The first-order valence-corrected chi connectivity index (χ1v) is 8.92. The molecule has 25 heavy (non-hydrogen) atoms. The van der Waals surface area contributed by atoms with Gasteiger partial charge in [0.2, 0.25) is 5.91 Å². The Labute approximate surface area is 156 Å². The molecule has 0 radical (unpaired) electrons. The summed E-state index contributed by atoms with van der Waals surface area (Å²) in [6, 6.07) is 9.23. The number of nitrogens with zero attached hydrogens (tertiary/aromatic N) is 1. The zero-order chi connectivity index (χ0) is 17.6. The van der Waals surface area contributed by atoms with Crippen molar-refractivity contribution in [2.45, 2.75) is 19.1 Å². The number of nitrogens with one attached hydrogen (secondary N) is 1. The van der Waals surface area contributed by atoms with Crippen LogP contribution in [0.25, 0.3) is 0 Å². The standard InChI is InChI=1S/C18H20Cl2N2O3/c19-16-4-3-13(8-17(16)20)11-22-5-7-25-15(12-22)10-21-18(23)9-14-2-1-6-24-14/h1-4,6,8,15H,5,7,9-12H2,(H,21,23). The second-order valence-corrected chi connectivity index (χ2v) is 6.85. The van der Waals surface area contributed by atoms with E-state index in [0.29, 0.717) is 29.0 Å². The third-order valence-electron chi connectivity index (χ3n) is 4.05. The van der Waals surface area contributed by atoms with Gasteiger partial charge in [0, 0.05) is 26.2 Å². The van der Waals surface area contributed by atoms with Crippen LogP contribution >= 0.6 is 23.2 Å². The van der Waals surface area contributed by atoms with Gasteiger partial charge >= 0.3 is 0 Å². The molecule has 0 bridgehead atoms. The van der Waals surface area contributed by atoms with Crippen LogP contribution in [0.5, 0.6) is 0 Å². The smallest absolute Gasteiger partial charge is 0.227 e. The van der Waals surface area contributed by atoms with Crippen LogP contribution in [0.1, 0.15) is 11.3 Å². The minimum Gasteiger partial charge on any atom is -0.469 e. The molecule has 1 aliphatic rings. The number of hydrogen-bond donors (Lipinski definition) is 1. The van der Waals surface area contributed by atoms with Crippen LogP contribution in [0, 0.1) is 0 Å². The minimum absolute atomic E-state index is 0.0305. The second-order valence-electron chi connectivity index (χ2n) is 6.04. The predicted octanol–water partition coefficient (Wildman–Crippen LogP) is 3.15. The summed E-state index contributed by atoms with van der Waals surface area (Å²) in [6.07, 6.45) is 1.78. The van der Waals surface area contributed by atoms with Crippen LogP contribution in [0.2, 0.25) is 10.0 Å². The van der Waals surface area contributed by atoms with Gasteiger partial charge in [-0.25, -0.2) is 0 Å². The van der Waals surface area contributed by atoms with Crippen molar-refractivity contribution in [3.8, 4) is 0 Å². The SMILES string of the molecule is O=C(Cc1ccco1)NCC1CN(Cc2ccc(Cl)c(Cl)c2)CCO1. The van der Waals surface area contributed by atoms with E-state index in [-0.39, 0.29) is 18.4 Å². The summed E-state index contributed by atoms with van der Waals surface area (Å²) < 4.78 is 10.9. The lowest BCUT2D eigenvalue weighted by Crippen LogP contribution is -2.47. The molecule has 7 heteroatoms. The van der Waals surface area contributed by atoms with Crippen LogP contribution in [-0.2, 0) is 22.5 Å². The van der Waals surface area contributed by atoms with Crippen LogP contribution in [-0.4, -0.2) is 43.2 Å². The highest BCUT2D eigenvalue weighted by atomic mass is 35.5. The lowest BCUT2D eigenvalue weighted by molar-refractivity contribution is -0.121. The van der Waals surface area contributed by atoms with Crippen LogP contribution in [0.4, 0.5) is 0 Å². The van der Waals surface area contributed by atoms with E-state index in [1.807, 2.05) is 18.2 Å². The number of benzene rings is 1. The fourth-order valence-corrected chi connectivity index (χ4v) is 3.13. The first kappa shape index (κ1) is 18.3. The lowest BCUT2D eigenvalue weighted by Gasteiger charge is -2.33. The van der Waals surface area contributed by atoms with Gasteiger partial charge < -0.3 is 14.5 Å². The fraction of sp³-hybridized carbons (Fsp3) is 0.389. The van der Waals surface area contributed by atoms with Gasteiger partial charge in [0.15, 0.2) is 0 Å². The van der Waals surface area contributed by atoms with Crippen LogP contribution in [0.15, 0.2) is 41.0 Å². The van der Waals surface area contributed by atoms with Crippen molar-refractivity contribution in [2.24, 2.45) is 0 Å². The molecule has 3 rings (SSSR count). The summed E-state index contributed by atoms with van der Waals surface area (Å²) in [5.41, 5.74) is 1.11. The number of rotatable bonds is 6. The maximum atomic E-state index is 11.9. The molecule has 1 aromatic carbocycles. The summed E-state index contributed by atoms with van der Waals surface area (Å²) in [5.74, 6) is 0.587. The van der Waals surface area contributed by atoms with Gasteiger partial charge in [0.25, 0.3) is 0 Å². The molecule has 1 aromatic heterocycles. The van der Waals surface area contributed by atoms with Crippen molar-refractivity contribution in [1.82, 2.24) is 10.2 Å².